The average molecular weight is 172 g/mol. The van der Waals surface area contributed by atoms with Gasteiger partial charge in [-0.1, -0.05) is 18.3 Å². The number of nitrogens with zero attached hydrogens (tertiary/aromatic N) is 1. The van der Waals surface area contributed by atoms with Crippen molar-refractivity contribution in [3.63, 3.8) is 0 Å². The second-order valence-electron chi connectivity index (χ2n) is 2.51. The van der Waals surface area contributed by atoms with Crippen LogP contribution >= 0.6 is 11.3 Å². The van der Waals surface area contributed by atoms with Gasteiger partial charge in [0.2, 0.25) is 5.01 Å². The van der Waals surface area contributed by atoms with E-state index < -0.39 is 0 Å². The molecule has 1 rings (SSSR count). The first-order valence-electron chi connectivity index (χ1n) is 3.85. The molecule has 0 atom stereocenters. The molecule has 0 radical (unpaired) electrons. The van der Waals surface area contributed by atoms with Crippen molar-refractivity contribution >= 4 is 11.3 Å². The molecule has 0 aliphatic carbocycles. The number of aromatic nitrogens is 1. The van der Waals surface area contributed by atoms with Crippen LogP contribution in [0.15, 0.2) is 5.38 Å². The maximum atomic E-state index is 8.72. The summed E-state index contributed by atoms with van der Waals surface area (Å²) in [7, 11) is 2.06. The van der Waals surface area contributed by atoms with Gasteiger partial charge < -0.3 is 5.11 Å². The highest BCUT2D eigenvalue weighted by Gasteiger charge is 2.12. The maximum absolute atomic E-state index is 8.72. The van der Waals surface area contributed by atoms with Crippen molar-refractivity contribution in [2.75, 3.05) is 6.61 Å². The minimum Gasteiger partial charge on any atom is -0.396 e. The number of aliphatic hydroxyl groups excluding tert-OH is 1. The second-order valence-corrected chi connectivity index (χ2v) is 3.45. The number of aliphatic hydroxyl groups is 1. The van der Waals surface area contributed by atoms with Gasteiger partial charge in [-0.05, 0) is 0 Å². The summed E-state index contributed by atoms with van der Waals surface area (Å²) in [4.78, 5) is 0. The Kier molecular flexibility index (Phi) is 3.02. The van der Waals surface area contributed by atoms with Gasteiger partial charge in [0.25, 0.3) is 0 Å². The predicted molar refractivity (Wildman–Crippen MR) is 45.7 cm³/mol. The Bertz CT molecular complexity index is 232. The molecule has 0 bridgehead atoms. The average Bonchev–Trinajstić information content (AvgIpc) is 2.34. The summed E-state index contributed by atoms with van der Waals surface area (Å²) in [6.45, 7) is 2.39. The number of hydrogen-bond donors (Lipinski definition) is 1. The molecule has 0 aliphatic heterocycles. The molecule has 3 heteroatoms. The molecule has 1 aromatic heterocycles. The van der Waals surface area contributed by atoms with E-state index in [1.807, 2.05) is 0 Å². The quantitative estimate of drug-likeness (QED) is 0.666. The number of aryl methyl sites for hydroxylation is 1. The molecule has 1 aromatic rings. The molecule has 1 heterocycles. The first-order valence-corrected chi connectivity index (χ1v) is 4.73. The van der Waals surface area contributed by atoms with E-state index in [4.69, 9.17) is 5.11 Å². The standard InChI is InChI=1S/C8H14NOS/c1-3-7-6-11-8(4-5-10)9(7)2/h6,10H,3-5H2,1-2H3/q+1. The van der Waals surface area contributed by atoms with Crippen molar-refractivity contribution in [3.8, 4) is 0 Å². The molecule has 0 fully saturated rings. The fraction of sp³-hybridized carbons (Fsp3) is 0.625. The number of hydrogen-bond acceptors (Lipinski definition) is 2. The van der Waals surface area contributed by atoms with Gasteiger partial charge in [-0.15, -0.1) is 0 Å². The Hall–Kier alpha value is -0.410. The summed E-state index contributed by atoms with van der Waals surface area (Å²) >= 11 is 1.73. The van der Waals surface area contributed by atoms with E-state index in [9.17, 15) is 0 Å². The lowest BCUT2D eigenvalue weighted by Crippen LogP contribution is -2.34. The minimum atomic E-state index is 0.248. The fourth-order valence-electron chi connectivity index (χ4n) is 1.10. The third-order valence-electron chi connectivity index (χ3n) is 1.82. The zero-order valence-electron chi connectivity index (χ0n) is 7.00. The summed E-state index contributed by atoms with van der Waals surface area (Å²) < 4.78 is 2.17. The molecule has 1 N–H and O–H groups in total. The van der Waals surface area contributed by atoms with Crippen molar-refractivity contribution in [1.82, 2.24) is 0 Å². The van der Waals surface area contributed by atoms with Gasteiger partial charge in [0.1, 0.15) is 7.05 Å². The van der Waals surface area contributed by atoms with E-state index in [1.54, 1.807) is 11.3 Å². The molecule has 0 amide bonds. The molecule has 0 saturated heterocycles. The zero-order chi connectivity index (χ0) is 8.27. The number of rotatable bonds is 3. The lowest BCUT2D eigenvalue weighted by molar-refractivity contribution is -0.681. The van der Waals surface area contributed by atoms with Crippen molar-refractivity contribution < 1.29 is 9.67 Å². The normalized spacial score (nSPS) is 10.5. The Morgan fingerprint density at radius 2 is 2.36 bits per heavy atom. The Labute approximate surface area is 71.1 Å². The molecule has 0 unspecified atom stereocenters. The topological polar surface area (TPSA) is 24.1 Å². The molecular formula is C8H14NOS+. The highest BCUT2D eigenvalue weighted by molar-refractivity contribution is 7.09. The zero-order valence-corrected chi connectivity index (χ0v) is 7.82. The monoisotopic (exact) mass is 172 g/mol. The van der Waals surface area contributed by atoms with E-state index in [0.29, 0.717) is 0 Å². The van der Waals surface area contributed by atoms with Crippen LogP contribution in [0, 0.1) is 0 Å². The van der Waals surface area contributed by atoms with E-state index in [0.717, 1.165) is 12.8 Å². The number of thiazole rings is 1. The molecule has 62 valence electrons. The van der Waals surface area contributed by atoms with Crippen molar-refractivity contribution in [1.29, 1.82) is 0 Å². The van der Waals surface area contributed by atoms with Crippen LogP contribution in [-0.2, 0) is 19.9 Å². The van der Waals surface area contributed by atoms with E-state index in [2.05, 4.69) is 23.9 Å². The van der Waals surface area contributed by atoms with E-state index in [1.165, 1.54) is 10.7 Å². The summed E-state index contributed by atoms with van der Waals surface area (Å²) in [5, 5.41) is 12.1. The van der Waals surface area contributed by atoms with Crippen LogP contribution in [0.2, 0.25) is 0 Å². The maximum Gasteiger partial charge on any atom is 0.239 e. The van der Waals surface area contributed by atoms with Gasteiger partial charge in [0, 0.05) is 6.42 Å². The van der Waals surface area contributed by atoms with Crippen molar-refractivity contribution in [2.45, 2.75) is 19.8 Å². The lowest BCUT2D eigenvalue weighted by atomic mass is 10.3. The summed E-state index contributed by atoms with van der Waals surface area (Å²) in [5.74, 6) is 0. The van der Waals surface area contributed by atoms with Gasteiger partial charge in [-0.2, -0.15) is 4.57 Å². The third-order valence-corrected chi connectivity index (χ3v) is 2.96. The second kappa shape index (κ2) is 3.83. The van der Waals surface area contributed by atoms with Crippen molar-refractivity contribution in [3.05, 3.63) is 16.1 Å². The van der Waals surface area contributed by atoms with Crippen LogP contribution in [0.4, 0.5) is 0 Å². The molecule has 0 spiro atoms. The highest BCUT2D eigenvalue weighted by Crippen LogP contribution is 2.07. The van der Waals surface area contributed by atoms with Gasteiger partial charge in [0.05, 0.1) is 18.4 Å². The van der Waals surface area contributed by atoms with Crippen molar-refractivity contribution in [2.24, 2.45) is 7.05 Å². The summed E-state index contributed by atoms with van der Waals surface area (Å²) in [6, 6.07) is 0. The van der Waals surface area contributed by atoms with Crippen LogP contribution in [0.5, 0.6) is 0 Å². The molecule has 0 aromatic carbocycles. The van der Waals surface area contributed by atoms with E-state index >= 15 is 0 Å². The predicted octanol–water partition coefficient (Wildman–Crippen LogP) is 0.670. The summed E-state index contributed by atoms with van der Waals surface area (Å²) in [6.07, 6.45) is 1.85. The highest BCUT2D eigenvalue weighted by atomic mass is 32.1. The molecule has 11 heavy (non-hydrogen) atoms. The van der Waals surface area contributed by atoms with Gasteiger partial charge in [-0.3, -0.25) is 0 Å². The SMILES string of the molecule is CCc1csc(CCO)[n+]1C. The minimum absolute atomic E-state index is 0.248. The fourth-order valence-corrected chi connectivity index (χ4v) is 2.18. The Morgan fingerprint density at radius 3 is 2.82 bits per heavy atom. The van der Waals surface area contributed by atoms with Gasteiger partial charge in [-0.25, -0.2) is 0 Å². The smallest absolute Gasteiger partial charge is 0.239 e. The van der Waals surface area contributed by atoms with Crippen LogP contribution in [0.25, 0.3) is 0 Å². The molecule has 0 aliphatic rings. The third kappa shape index (κ3) is 1.79. The van der Waals surface area contributed by atoms with Crippen LogP contribution in [0.1, 0.15) is 17.6 Å². The van der Waals surface area contributed by atoms with Crippen LogP contribution in [0.3, 0.4) is 0 Å². The molecule has 0 saturated carbocycles. The Morgan fingerprint density at radius 1 is 1.64 bits per heavy atom. The molecular weight excluding hydrogens is 158 g/mol. The Balaban J connectivity index is 2.82. The largest absolute Gasteiger partial charge is 0.396 e. The van der Waals surface area contributed by atoms with Crippen LogP contribution in [-0.4, -0.2) is 11.7 Å². The first-order chi connectivity index (χ1) is 5.29. The summed E-state index contributed by atoms with van der Waals surface area (Å²) in [5.41, 5.74) is 1.35. The van der Waals surface area contributed by atoms with Gasteiger partial charge in [0.15, 0.2) is 5.69 Å². The van der Waals surface area contributed by atoms with E-state index in [-0.39, 0.29) is 6.61 Å². The molecule has 2 nitrogen and oxygen atoms in total. The van der Waals surface area contributed by atoms with Gasteiger partial charge >= 0.3 is 0 Å². The first kappa shape index (κ1) is 8.68. The van der Waals surface area contributed by atoms with Crippen LogP contribution < -0.4 is 4.57 Å². The lowest BCUT2D eigenvalue weighted by Gasteiger charge is -1.90.